The van der Waals surface area contributed by atoms with Gasteiger partial charge in [-0.25, -0.2) is 0 Å². The van der Waals surface area contributed by atoms with E-state index in [0.717, 1.165) is 35.2 Å². The average molecular weight is 340 g/mol. The van der Waals surface area contributed by atoms with E-state index in [1.165, 1.54) is 6.42 Å². The predicted molar refractivity (Wildman–Crippen MR) is 86.0 cm³/mol. The third-order valence-electron chi connectivity index (χ3n) is 3.72. The third kappa shape index (κ3) is 4.30. The number of piperidine rings is 1. The van der Waals surface area contributed by atoms with Crippen molar-refractivity contribution in [3.8, 4) is 0 Å². The topological polar surface area (TPSA) is 44.4 Å². The number of halogens is 1. The van der Waals surface area contributed by atoms with Gasteiger partial charge in [0.15, 0.2) is 0 Å². The van der Waals surface area contributed by atoms with Gasteiger partial charge in [0.05, 0.1) is 6.54 Å². The van der Waals surface area contributed by atoms with Crippen molar-refractivity contribution < 1.29 is 4.79 Å². The molecule has 1 aromatic rings. The monoisotopic (exact) mass is 339 g/mol. The van der Waals surface area contributed by atoms with Crippen molar-refractivity contribution in [2.75, 3.05) is 32.0 Å². The van der Waals surface area contributed by atoms with E-state index >= 15 is 0 Å². The molecule has 20 heavy (non-hydrogen) atoms. The van der Waals surface area contributed by atoms with Gasteiger partial charge in [0.1, 0.15) is 0 Å². The molecule has 0 aliphatic carbocycles. The van der Waals surface area contributed by atoms with E-state index in [1.807, 2.05) is 32.2 Å². The minimum atomic E-state index is 0.0588. The van der Waals surface area contributed by atoms with Crippen molar-refractivity contribution in [1.29, 1.82) is 0 Å². The first-order valence-electron chi connectivity index (χ1n) is 7.04. The van der Waals surface area contributed by atoms with Crippen LogP contribution in [0.4, 0.5) is 5.69 Å². The molecular formula is C15H22BrN3O. The van der Waals surface area contributed by atoms with Crippen LogP contribution in [0.15, 0.2) is 22.7 Å². The molecule has 1 heterocycles. The first-order valence-corrected chi connectivity index (χ1v) is 7.83. The summed E-state index contributed by atoms with van der Waals surface area (Å²) in [5.41, 5.74) is 1.98. The van der Waals surface area contributed by atoms with E-state index in [-0.39, 0.29) is 5.91 Å². The molecule has 1 aliphatic rings. The van der Waals surface area contributed by atoms with Crippen LogP contribution in [0.1, 0.15) is 18.4 Å². The molecule has 1 saturated heterocycles. The summed E-state index contributed by atoms with van der Waals surface area (Å²) in [4.78, 5) is 14.3. The molecule has 1 amide bonds. The number of anilines is 1. The molecule has 2 N–H and O–H groups in total. The Hall–Kier alpha value is -0.910. The normalized spacial score (nSPS) is 19.9. The summed E-state index contributed by atoms with van der Waals surface area (Å²) in [6.45, 7) is 4.43. The molecule has 1 aromatic carbocycles. The van der Waals surface area contributed by atoms with Gasteiger partial charge < -0.3 is 10.6 Å². The maximum absolute atomic E-state index is 12.1. The lowest BCUT2D eigenvalue weighted by Crippen LogP contribution is -2.46. The number of carbonyl (C=O) groups excluding carboxylic acids is 1. The largest absolute Gasteiger partial charge is 0.325 e. The number of benzene rings is 1. The molecule has 110 valence electrons. The van der Waals surface area contributed by atoms with E-state index in [4.69, 9.17) is 0 Å². The second-order valence-corrected chi connectivity index (χ2v) is 6.23. The zero-order chi connectivity index (χ0) is 14.5. The molecule has 1 fully saturated rings. The summed E-state index contributed by atoms with van der Waals surface area (Å²) in [5, 5.41) is 6.26. The van der Waals surface area contributed by atoms with E-state index in [0.29, 0.717) is 12.6 Å². The number of nitrogens with zero attached hydrogens (tertiary/aromatic N) is 1. The number of hydrogen-bond donors (Lipinski definition) is 2. The van der Waals surface area contributed by atoms with Gasteiger partial charge in [-0.3, -0.25) is 9.69 Å². The van der Waals surface area contributed by atoms with Crippen LogP contribution in [-0.2, 0) is 4.79 Å². The smallest absolute Gasteiger partial charge is 0.238 e. The highest BCUT2D eigenvalue weighted by Crippen LogP contribution is 2.20. The Kier molecular flexibility index (Phi) is 5.57. The van der Waals surface area contributed by atoms with Crippen molar-refractivity contribution >= 4 is 27.5 Å². The van der Waals surface area contributed by atoms with Gasteiger partial charge in [-0.05, 0) is 57.1 Å². The van der Waals surface area contributed by atoms with Crippen molar-refractivity contribution in [1.82, 2.24) is 10.2 Å². The lowest BCUT2D eigenvalue weighted by Gasteiger charge is -2.31. The van der Waals surface area contributed by atoms with Crippen LogP contribution < -0.4 is 10.6 Å². The number of amides is 1. The molecule has 5 heteroatoms. The van der Waals surface area contributed by atoms with Crippen LogP contribution in [-0.4, -0.2) is 43.5 Å². The molecule has 1 atom stereocenters. The zero-order valence-corrected chi connectivity index (χ0v) is 13.7. The molecule has 4 nitrogen and oxygen atoms in total. The van der Waals surface area contributed by atoms with Gasteiger partial charge in [0, 0.05) is 22.7 Å². The minimum Gasteiger partial charge on any atom is -0.325 e. The number of likely N-dealkylation sites (tertiary alicyclic amines) is 1. The van der Waals surface area contributed by atoms with Crippen LogP contribution in [0, 0.1) is 6.92 Å². The van der Waals surface area contributed by atoms with E-state index in [9.17, 15) is 4.79 Å². The van der Waals surface area contributed by atoms with Gasteiger partial charge in [-0.1, -0.05) is 15.9 Å². The van der Waals surface area contributed by atoms with Crippen LogP contribution in [0.2, 0.25) is 0 Å². The molecule has 0 saturated carbocycles. The molecule has 0 radical (unpaired) electrons. The standard InChI is InChI=1S/C15H22BrN3O/c1-11-8-12(5-6-14(11)16)18-15(20)10-19-7-3-4-13(9-19)17-2/h5-6,8,13,17H,3-4,7,9-10H2,1-2H3,(H,18,20). The van der Waals surface area contributed by atoms with Gasteiger partial charge in [-0.15, -0.1) is 0 Å². The van der Waals surface area contributed by atoms with Crippen LogP contribution in [0.5, 0.6) is 0 Å². The van der Waals surface area contributed by atoms with E-state index < -0.39 is 0 Å². The Morgan fingerprint density at radius 2 is 2.30 bits per heavy atom. The number of likely N-dealkylation sites (N-methyl/N-ethyl adjacent to an activating group) is 1. The Morgan fingerprint density at radius 1 is 1.50 bits per heavy atom. The summed E-state index contributed by atoms with van der Waals surface area (Å²) >= 11 is 3.46. The highest BCUT2D eigenvalue weighted by Gasteiger charge is 2.20. The molecular weight excluding hydrogens is 318 g/mol. The lowest BCUT2D eigenvalue weighted by atomic mass is 10.1. The Morgan fingerprint density at radius 3 is 3.00 bits per heavy atom. The van der Waals surface area contributed by atoms with Crippen LogP contribution in [0.25, 0.3) is 0 Å². The minimum absolute atomic E-state index is 0.0588. The summed E-state index contributed by atoms with van der Waals surface area (Å²) < 4.78 is 1.06. The van der Waals surface area contributed by atoms with Crippen molar-refractivity contribution in [2.24, 2.45) is 0 Å². The number of nitrogens with one attached hydrogen (secondary N) is 2. The quantitative estimate of drug-likeness (QED) is 0.885. The SMILES string of the molecule is CNC1CCCN(CC(=O)Nc2ccc(Br)c(C)c2)C1. The van der Waals surface area contributed by atoms with E-state index in [1.54, 1.807) is 0 Å². The average Bonchev–Trinajstić information content (AvgIpc) is 2.43. The van der Waals surface area contributed by atoms with Gasteiger partial charge in [0.25, 0.3) is 0 Å². The van der Waals surface area contributed by atoms with Crippen LogP contribution in [0.3, 0.4) is 0 Å². The summed E-state index contributed by atoms with van der Waals surface area (Å²) in [7, 11) is 1.98. The number of hydrogen-bond acceptors (Lipinski definition) is 3. The van der Waals surface area contributed by atoms with Gasteiger partial charge in [0.2, 0.25) is 5.91 Å². The first kappa shape index (κ1) is 15.5. The highest BCUT2D eigenvalue weighted by atomic mass is 79.9. The van der Waals surface area contributed by atoms with Crippen molar-refractivity contribution in [3.05, 3.63) is 28.2 Å². The zero-order valence-electron chi connectivity index (χ0n) is 12.1. The lowest BCUT2D eigenvalue weighted by molar-refractivity contribution is -0.117. The maximum Gasteiger partial charge on any atom is 0.238 e. The van der Waals surface area contributed by atoms with Gasteiger partial charge in [-0.2, -0.15) is 0 Å². The summed E-state index contributed by atoms with van der Waals surface area (Å²) in [6.07, 6.45) is 2.34. The van der Waals surface area contributed by atoms with Crippen LogP contribution >= 0.6 is 15.9 Å². The van der Waals surface area contributed by atoms with Crippen molar-refractivity contribution in [3.63, 3.8) is 0 Å². The Balaban J connectivity index is 1.87. The second kappa shape index (κ2) is 7.20. The number of carbonyl (C=O) groups is 1. The molecule has 0 bridgehead atoms. The number of aryl methyl sites for hydroxylation is 1. The highest BCUT2D eigenvalue weighted by molar-refractivity contribution is 9.10. The molecule has 2 rings (SSSR count). The fraction of sp³-hybridized carbons (Fsp3) is 0.533. The summed E-state index contributed by atoms with van der Waals surface area (Å²) in [6, 6.07) is 6.37. The molecule has 0 spiro atoms. The second-order valence-electron chi connectivity index (χ2n) is 5.38. The maximum atomic E-state index is 12.1. The number of rotatable bonds is 4. The molecule has 1 unspecified atom stereocenters. The van der Waals surface area contributed by atoms with Gasteiger partial charge >= 0.3 is 0 Å². The fourth-order valence-corrected chi connectivity index (χ4v) is 2.81. The fourth-order valence-electron chi connectivity index (χ4n) is 2.56. The third-order valence-corrected chi connectivity index (χ3v) is 4.61. The predicted octanol–water partition coefficient (Wildman–Crippen LogP) is 2.38. The van der Waals surface area contributed by atoms with Crippen molar-refractivity contribution in [2.45, 2.75) is 25.8 Å². The van der Waals surface area contributed by atoms with E-state index in [2.05, 4.69) is 31.5 Å². The Labute approximate surface area is 129 Å². The molecule has 1 aliphatic heterocycles. The Bertz CT molecular complexity index is 478. The first-order chi connectivity index (χ1) is 9.58. The summed E-state index contributed by atoms with van der Waals surface area (Å²) in [5.74, 6) is 0.0588. The molecule has 0 aromatic heterocycles.